The number of ether oxygens (including phenoxy) is 3. The molecule has 0 spiro atoms. The van der Waals surface area contributed by atoms with Gasteiger partial charge in [-0.25, -0.2) is 0 Å². The highest BCUT2D eigenvalue weighted by atomic mass is 16.6. The second-order valence-electron chi connectivity index (χ2n) is 17.1. The van der Waals surface area contributed by atoms with Gasteiger partial charge in [0.1, 0.15) is 13.2 Å². The third kappa shape index (κ3) is 48.0. The summed E-state index contributed by atoms with van der Waals surface area (Å²) in [6.45, 7) is 6.47. The van der Waals surface area contributed by atoms with Crippen molar-refractivity contribution in [1.82, 2.24) is 0 Å². The molecular formula is C55H96O6. The van der Waals surface area contributed by atoms with Crippen molar-refractivity contribution in [2.24, 2.45) is 0 Å². The number of carbonyl (C=O) groups is 3. The van der Waals surface area contributed by atoms with Crippen molar-refractivity contribution >= 4 is 17.9 Å². The van der Waals surface area contributed by atoms with E-state index in [1.165, 1.54) is 122 Å². The minimum absolute atomic E-state index is 0.0857. The van der Waals surface area contributed by atoms with Crippen LogP contribution < -0.4 is 0 Å². The Kier molecular flexibility index (Phi) is 47.4. The molecule has 0 saturated heterocycles. The number of unbranched alkanes of at least 4 members (excludes halogenated alkanes) is 25. The number of hydrogen-bond donors (Lipinski definition) is 0. The standard InChI is InChI=1S/C55H96O6/c1-4-7-10-13-16-19-22-24-25-26-27-28-29-31-33-36-39-42-45-48-54(57)60-51-52(50-59-53(56)47-44-41-38-35-32-21-18-15-12-9-6-3)61-55(58)49-46-43-40-37-34-30-23-20-17-14-11-8-5-2/h8,11,16-17,19-20,24-25,30,34,52H,4-7,9-10,12-15,18,21-23,26-29,31-33,35-51H2,1-3H3/b11-8-,19-16-,20-17-,25-24-,34-30-. The molecule has 0 rings (SSSR count). The molecule has 0 aromatic carbocycles. The van der Waals surface area contributed by atoms with Crippen molar-refractivity contribution in [1.29, 1.82) is 0 Å². The molecule has 1 atom stereocenters. The molecule has 0 heterocycles. The number of rotatable bonds is 46. The van der Waals surface area contributed by atoms with Crippen LogP contribution >= 0.6 is 0 Å². The second-order valence-corrected chi connectivity index (χ2v) is 17.1. The molecule has 0 radical (unpaired) electrons. The summed E-state index contributed by atoms with van der Waals surface area (Å²) in [6, 6.07) is 0. The Morgan fingerprint density at radius 3 is 1.05 bits per heavy atom. The fourth-order valence-electron chi connectivity index (χ4n) is 7.13. The average Bonchev–Trinajstić information content (AvgIpc) is 3.26. The molecular weight excluding hydrogens is 757 g/mol. The van der Waals surface area contributed by atoms with Gasteiger partial charge in [0, 0.05) is 19.3 Å². The summed E-state index contributed by atoms with van der Waals surface area (Å²) in [5.41, 5.74) is 0. The molecule has 6 nitrogen and oxygen atoms in total. The van der Waals surface area contributed by atoms with E-state index >= 15 is 0 Å². The molecule has 0 amide bonds. The highest BCUT2D eigenvalue weighted by molar-refractivity contribution is 5.71. The van der Waals surface area contributed by atoms with Gasteiger partial charge in [-0.3, -0.25) is 14.4 Å². The van der Waals surface area contributed by atoms with Gasteiger partial charge in [-0.05, 0) is 83.5 Å². The lowest BCUT2D eigenvalue weighted by molar-refractivity contribution is -0.167. The van der Waals surface area contributed by atoms with E-state index in [0.29, 0.717) is 19.3 Å². The first-order chi connectivity index (χ1) is 30.0. The minimum Gasteiger partial charge on any atom is -0.462 e. The fourth-order valence-corrected chi connectivity index (χ4v) is 7.13. The predicted molar refractivity (Wildman–Crippen MR) is 261 cm³/mol. The molecule has 0 aliphatic rings. The first kappa shape index (κ1) is 58.1. The van der Waals surface area contributed by atoms with Crippen LogP contribution in [0.2, 0.25) is 0 Å². The van der Waals surface area contributed by atoms with Gasteiger partial charge in [-0.15, -0.1) is 0 Å². The summed E-state index contributed by atoms with van der Waals surface area (Å²) in [5.74, 6) is -0.917. The lowest BCUT2D eigenvalue weighted by Gasteiger charge is -2.18. The zero-order valence-corrected chi connectivity index (χ0v) is 40.2. The number of allylic oxidation sites excluding steroid dienone is 10. The largest absolute Gasteiger partial charge is 0.462 e. The van der Waals surface area contributed by atoms with Crippen molar-refractivity contribution in [3.8, 4) is 0 Å². The quantitative estimate of drug-likeness (QED) is 0.0263. The van der Waals surface area contributed by atoms with Gasteiger partial charge in [-0.2, -0.15) is 0 Å². The summed E-state index contributed by atoms with van der Waals surface area (Å²) in [4.78, 5) is 37.9. The van der Waals surface area contributed by atoms with Crippen LogP contribution in [-0.4, -0.2) is 37.2 Å². The first-order valence-electron chi connectivity index (χ1n) is 25.8. The van der Waals surface area contributed by atoms with Gasteiger partial charge in [0.05, 0.1) is 0 Å². The van der Waals surface area contributed by atoms with Gasteiger partial charge in [0.25, 0.3) is 0 Å². The van der Waals surface area contributed by atoms with Crippen molar-refractivity contribution in [3.05, 3.63) is 60.8 Å². The van der Waals surface area contributed by atoms with Crippen molar-refractivity contribution < 1.29 is 28.6 Å². The molecule has 0 aromatic heterocycles. The van der Waals surface area contributed by atoms with Crippen LogP contribution in [0.1, 0.15) is 252 Å². The molecule has 0 fully saturated rings. The van der Waals surface area contributed by atoms with E-state index in [2.05, 4.69) is 81.5 Å². The summed E-state index contributed by atoms with van der Waals surface area (Å²) in [6.07, 6.45) is 60.6. The van der Waals surface area contributed by atoms with Crippen molar-refractivity contribution in [2.75, 3.05) is 13.2 Å². The molecule has 0 saturated carbocycles. The van der Waals surface area contributed by atoms with Crippen molar-refractivity contribution in [3.63, 3.8) is 0 Å². The maximum Gasteiger partial charge on any atom is 0.306 e. The van der Waals surface area contributed by atoms with Crippen LogP contribution in [0.25, 0.3) is 0 Å². The molecule has 0 aliphatic heterocycles. The number of carbonyl (C=O) groups excluding carboxylic acids is 3. The Bertz CT molecular complexity index is 1120. The Morgan fingerprint density at radius 2 is 0.639 bits per heavy atom. The van der Waals surface area contributed by atoms with E-state index in [0.717, 1.165) is 89.9 Å². The van der Waals surface area contributed by atoms with Crippen LogP contribution in [0.5, 0.6) is 0 Å². The zero-order valence-electron chi connectivity index (χ0n) is 40.2. The minimum atomic E-state index is -0.788. The Hall–Kier alpha value is -2.89. The third-order valence-corrected chi connectivity index (χ3v) is 11.0. The van der Waals surface area contributed by atoms with Gasteiger partial charge in [0.15, 0.2) is 6.10 Å². The SMILES string of the molecule is CC/C=C\C/C=C\C/C=C\CCCCCC(=O)OC(COC(=O)CCCCCCCCCCC/C=C\C/C=C\CCCCC)COC(=O)CCCCCCCCCCCCC. The predicted octanol–water partition coefficient (Wildman–Crippen LogP) is 16.9. The van der Waals surface area contributed by atoms with Crippen LogP contribution in [0.3, 0.4) is 0 Å². The first-order valence-corrected chi connectivity index (χ1v) is 25.8. The van der Waals surface area contributed by atoms with Gasteiger partial charge >= 0.3 is 17.9 Å². The molecule has 61 heavy (non-hydrogen) atoms. The van der Waals surface area contributed by atoms with Crippen LogP contribution in [-0.2, 0) is 28.6 Å². The maximum atomic E-state index is 12.8. The summed E-state index contributed by atoms with van der Waals surface area (Å²) in [5, 5.41) is 0. The monoisotopic (exact) mass is 853 g/mol. The van der Waals surface area contributed by atoms with Gasteiger partial charge in [0.2, 0.25) is 0 Å². The molecule has 0 aliphatic carbocycles. The average molecular weight is 853 g/mol. The van der Waals surface area contributed by atoms with Crippen LogP contribution in [0.4, 0.5) is 0 Å². The number of esters is 3. The molecule has 6 heteroatoms. The van der Waals surface area contributed by atoms with E-state index in [1.807, 2.05) is 0 Å². The molecule has 0 bridgehead atoms. The fraction of sp³-hybridized carbons (Fsp3) is 0.764. The van der Waals surface area contributed by atoms with E-state index < -0.39 is 6.10 Å². The zero-order chi connectivity index (χ0) is 44.4. The summed E-state index contributed by atoms with van der Waals surface area (Å²) >= 11 is 0. The van der Waals surface area contributed by atoms with E-state index in [-0.39, 0.29) is 31.1 Å². The van der Waals surface area contributed by atoms with Crippen molar-refractivity contribution in [2.45, 2.75) is 258 Å². The molecule has 0 aromatic rings. The molecule has 352 valence electrons. The highest BCUT2D eigenvalue weighted by Crippen LogP contribution is 2.15. The Labute approximate surface area is 377 Å². The lowest BCUT2D eigenvalue weighted by atomic mass is 10.1. The summed E-state index contributed by atoms with van der Waals surface area (Å²) in [7, 11) is 0. The van der Waals surface area contributed by atoms with E-state index in [9.17, 15) is 14.4 Å². The second kappa shape index (κ2) is 49.8. The number of hydrogen-bond acceptors (Lipinski definition) is 6. The van der Waals surface area contributed by atoms with Crippen LogP contribution in [0, 0.1) is 0 Å². The topological polar surface area (TPSA) is 78.9 Å². The van der Waals surface area contributed by atoms with E-state index in [4.69, 9.17) is 14.2 Å². The van der Waals surface area contributed by atoms with Crippen LogP contribution in [0.15, 0.2) is 60.8 Å². The van der Waals surface area contributed by atoms with Gasteiger partial charge in [-0.1, -0.05) is 210 Å². The highest BCUT2D eigenvalue weighted by Gasteiger charge is 2.19. The normalized spacial score (nSPS) is 12.5. The molecule has 1 unspecified atom stereocenters. The maximum absolute atomic E-state index is 12.8. The smallest absolute Gasteiger partial charge is 0.306 e. The van der Waals surface area contributed by atoms with Gasteiger partial charge < -0.3 is 14.2 Å². The Morgan fingerprint density at radius 1 is 0.344 bits per heavy atom. The lowest BCUT2D eigenvalue weighted by Crippen LogP contribution is -2.30. The Balaban J connectivity index is 4.35. The van der Waals surface area contributed by atoms with E-state index in [1.54, 1.807) is 0 Å². The third-order valence-electron chi connectivity index (χ3n) is 11.0. The summed E-state index contributed by atoms with van der Waals surface area (Å²) < 4.78 is 16.8. The molecule has 0 N–H and O–H groups in total.